The Hall–Kier alpha value is -2.07. The summed E-state index contributed by atoms with van der Waals surface area (Å²) in [6.07, 6.45) is 4.75. The van der Waals surface area contributed by atoms with Crippen molar-refractivity contribution in [3.63, 3.8) is 0 Å². The van der Waals surface area contributed by atoms with Gasteiger partial charge in [-0.15, -0.1) is 0 Å². The van der Waals surface area contributed by atoms with Gasteiger partial charge in [0.05, 0.1) is 7.11 Å². The number of nitrogens with two attached hydrogens (primary N) is 1. The van der Waals surface area contributed by atoms with Crippen molar-refractivity contribution in [3.05, 3.63) is 42.4 Å². The maximum atomic E-state index is 5.61. The molecule has 0 radical (unpaired) electrons. The van der Waals surface area contributed by atoms with Crippen molar-refractivity contribution in [2.75, 3.05) is 13.7 Å². The molecule has 0 saturated carbocycles. The fourth-order valence-corrected chi connectivity index (χ4v) is 2.33. The zero-order valence-corrected chi connectivity index (χ0v) is 10.3. The highest BCUT2D eigenvalue weighted by molar-refractivity contribution is 5.97. The Morgan fingerprint density at radius 1 is 1.28 bits per heavy atom. The number of aromatic nitrogens is 2. The average Bonchev–Trinajstić information content (AvgIpc) is 2.82. The number of hydrogen-bond acceptors (Lipinski definition) is 3. The SMILES string of the molecule is COc1cccc2c1ccn1c(CCN)cnc21. The molecule has 0 aliphatic carbocycles. The normalized spacial score (nSPS) is 11.2. The molecule has 0 saturated heterocycles. The van der Waals surface area contributed by atoms with Crippen molar-refractivity contribution >= 4 is 16.4 Å². The van der Waals surface area contributed by atoms with Crippen LogP contribution in [0.5, 0.6) is 5.75 Å². The van der Waals surface area contributed by atoms with Crippen LogP contribution in [0.3, 0.4) is 0 Å². The van der Waals surface area contributed by atoms with Crippen molar-refractivity contribution < 1.29 is 4.74 Å². The molecule has 0 aliphatic heterocycles. The summed E-state index contributed by atoms with van der Waals surface area (Å²) in [6.45, 7) is 0.629. The Morgan fingerprint density at radius 2 is 2.17 bits per heavy atom. The predicted molar refractivity (Wildman–Crippen MR) is 72.0 cm³/mol. The largest absolute Gasteiger partial charge is 0.496 e. The summed E-state index contributed by atoms with van der Waals surface area (Å²) in [5.41, 5.74) is 7.70. The van der Waals surface area contributed by atoms with Gasteiger partial charge in [0.25, 0.3) is 0 Å². The third-order valence-corrected chi connectivity index (χ3v) is 3.19. The molecule has 0 spiro atoms. The topological polar surface area (TPSA) is 52.5 Å². The maximum Gasteiger partial charge on any atom is 0.144 e. The minimum atomic E-state index is 0.629. The van der Waals surface area contributed by atoms with Crippen LogP contribution in [-0.4, -0.2) is 23.0 Å². The van der Waals surface area contributed by atoms with Gasteiger partial charge in [-0.2, -0.15) is 0 Å². The lowest BCUT2D eigenvalue weighted by Gasteiger charge is -2.07. The number of methoxy groups -OCH3 is 1. The number of pyridine rings is 1. The second-order valence-corrected chi connectivity index (χ2v) is 4.22. The van der Waals surface area contributed by atoms with Crippen LogP contribution in [0.25, 0.3) is 16.4 Å². The molecule has 18 heavy (non-hydrogen) atoms. The first-order valence-electron chi connectivity index (χ1n) is 5.97. The molecule has 3 aromatic rings. The van der Waals surface area contributed by atoms with E-state index in [9.17, 15) is 0 Å². The van der Waals surface area contributed by atoms with Gasteiger partial charge in [0.15, 0.2) is 0 Å². The van der Waals surface area contributed by atoms with E-state index in [1.54, 1.807) is 7.11 Å². The van der Waals surface area contributed by atoms with Gasteiger partial charge >= 0.3 is 0 Å². The van der Waals surface area contributed by atoms with Crippen LogP contribution in [0, 0.1) is 0 Å². The molecule has 0 fully saturated rings. The summed E-state index contributed by atoms with van der Waals surface area (Å²) in [7, 11) is 1.68. The van der Waals surface area contributed by atoms with Gasteiger partial charge in [0.1, 0.15) is 11.4 Å². The molecule has 3 rings (SSSR count). The quantitative estimate of drug-likeness (QED) is 0.763. The summed E-state index contributed by atoms with van der Waals surface area (Å²) >= 11 is 0. The fourth-order valence-electron chi connectivity index (χ4n) is 2.33. The molecule has 92 valence electrons. The van der Waals surface area contributed by atoms with E-state index in [2.05, 4.69) is 21.5 Å². The maximum absolute atomic E-state index is 5.61. The smallest absolute Gasteiger partial charge is 0.144 e. The van der Waals surface area contributed by atoms with Crippen LogP contribution in [0.1, 0.15) is 5.69 Å². The van der Waals surface area contributed by atoms with Crippen LogP contribution >= 0.6 is 0 Å². The summed E-state index contributed by atoms with van der Waals surface area (Å²) in [5, 5.41) is 2.18. The highest BCUT2D eigenvalue weighted by Gasteiger charge is 2.08. The van der Waals surface area contributed by atoms with Gasteiger partial charge in [-0.1, -0.05) is 12.1 Å². The van der Waals surface area contributed by atoms with Gasteiger partial charge in [-0.05, 0) is 18.7 Å². The number of rotatable bonds is 3. The van der Waals surface area contributed by atoms with Crippen molar-refractivity contribution in [1.29, 1.82) is 0 Å². The number of hydrogen-bond donors (Lipinski definition) is 1. The summed E-state index contributed by atoms with van der Waals surface area (Å²) in [5.74, 6) is 0.873. The van der Waals surface area contributed by atoms with E-state index in [4.69, 9.17) is 10.5 Å². The Kier molecular flexibility index (Phi) is 2.64. The van der Waals surface area contributed by atoms with E-state index in [0.717, 1.165) is 34.3 Å². The van der Waals surface area contributed by atoms with Gasteiger partial charge in [0.2, 0.25) is 0 Å². The fraction of sp³-hybridized carbons (Fsp3) is 0.214. The van der Waals surface area contributed by atoms with E-state index in [1.807, 2.05) is 24.5 Å². The van der Waals surface area contributed by atoms with Crippen molar-refractivity contribution in [1.82, 2.24) is 9.38 Å². The summed E-state index contributed by atoms with van der Waals surface area (Å²) < 4.78 is 7.47. The Morgan fingerprint density at radius 3 is 2.94 bits per heavy atom. The monoisotopic (exact) mass is 241 g/mol. The van der Waals surface area contributed by atoms with Crippen molar-refractivity contribution in [2.24, 2.45) is 5.73 Å². The number of fused-ring (bicyclic) bond motifs is 3. The molecule has 0 atom stereocenters. The highest BCUT2D eigenvalue weighted by Crippen LogP contribution is 2.28. The van der Waals surface area contributed by atoms with Crippen molar-refractivity contribution in [2.45, 2.75) is 6.42 Å². The van der Waals surface area contributed by atoms with Gasteiger partial charge in [-0.25, -0.2) is 4.98 Å². The summed E-state index contributed by atoms with van der Waals surface area (Å²) in [4.78, 5) is 4.49. The van der Waals surface area contributed by atoms with Crippen LogP contribution in [0.2, 0.25) is 0 Å². The first-order valence-corrected chi connectivity index (χ1v) is 5.97. The average molecular weight is 241 g/mol. The van der Waals surface area contributed by atoms with Gasteiger partial charge in [-0.3, -0.25) is 0 Å². The van der Waals surface area contributed by atoms with Crippen LogP contribution in [0.15, 0.2) is 36.7 Å². The van der Waals surface area contributed by atoms with E-state index >= 15 is 0 Å². The first-order chi connectivity index (χ1) is 8.85. The molecule has 4 nitrogen and oxygen atoms in total. The zero-order valence-electron chi connectivity index (χ0n) is 10.3. The Bertz CT molecular complexity index is 703. The molecule has 2 heterocycles. The molecule has 0 unspecified atom stereocenters. The molecule has 0 aliphatic rings. The zero-order chi connectivity index (χ0) is 12.5. The third-order valence-electron chi connectivity index (χ3n) is 3.19. The van der Waals surface area contributed by atoms with E-state index < -0.39 is 0 Å². The molecule has 0 amide bonds. The molecule has 2 aromatic heterocycles. The molecule has 0 bridgehead atoms. The second kappa shape index (κ2) is 4.31. The number of imidazole rings is 1. The first kappa shape index (κ1) is 11.0. The number of benzene rings is 1. The highest BCUT2D eigenvalue weighted by atomic mass is 16.5. The Balaban J connectivity index is 2.34. The lowest BCUT2D eigenvalue weighted by atomic mass is 10.1. The second-order valence-electron chi connectivity index (χ2n) is 4.22. The lowest BCUT2D eigenvalue weighted by Crippen LogP contribution is -2.04. The van der Waals surface area contributed by atoms with Gasteiger partial charge < -0.3 is 14.9 Å². The number of ether oxygens (including phenoxy) is 1. The minimum absolute atomic E-state index is 0.629. The molecule has 4 heteroatoms. The standard InChI is InChI=1S/C14H15N3O/c1-18-13-4-2-3-12-11(13)6-8-17-10(5-7-15)9-16-14(12)17/h2-4,6,8-9H,5,7,15H2,1H3. The van der Waals surface area contributed by atoms with E-state index in [1.165, 1.54) is 0 Å². The predicted octanol–water partition coefficient (Wildman–Crippen LogP) is 2.00. The molecular formula is C14H15N3O. The van der Waals surface area contributed by atoms with E-state index in [0.29, 0.717) is 6.54 Å². The van der Waals surface area contributed by atoms with E-state index in [-0.39, 0.29) is 0 Å². The molecule has 2 N–H and O–H groups in total. The molecule has 1 aromatic carbocycles. The summed E-state index contributed by atoms with van der Waals surface area (Å²) in [6, 6.07) is 8.07. The molecular weight excluding hydrogens is 226 g/mol. The number of nitrogens with zero attached hydrogens (tertiary/aromatic N) is 2. The third kappa shape index (κ3) is 1.54. The lowest BCUT2D eigenvalue weighted by molar-refractivity contribution is 0.420. The van der Waals surface area contributed by atoms with Crippen molar-refractivity contribution in [3.8, 4) is 5.75 Å². The Labute approximate surface area is 105 Å². The van der Waals surface area contributed by atoms with Crippen LogP contribution < -0.4 is 10.5 Å². The van der Waals surface area contributed by atoms with Crippen LogP contribution in [-0.2, 0) is 6.42 Å². The minimum Gasteiger partial charge on any atom is -0.496 e. The van der Waals surface area contributed by atoms with Gasteiger partial charge in [0, 0.05) is 35.3 Å². The van der Waals surface area contributed by atoms with Crippen LogP contribution in [0.4, 0.5) is 0 Å².